The maximum absolute atomic E-state index is 13.4. The van der Waals surface area contributed by atoms with Gasteiger partial charge >= 0.3 is 0 Å². The molecule has 3 nitrogen and oxygen atoms in total. The van der Waals surface area contributed by atoms with Gasteiger partial charge in [-0.25, -0.2) is 17.6 Å². The van der Waals surface area contributed by atoms with Crippen LogP contribution in [0, 0.1) is 23.3 Å². The first-order chi connectivity index (χ1) is 9.38. The van der Waals surface area contributed by atoms with Crippen LogP contribution in [-0.4, -0.2) is 5.91 Å². The molecule has 0 heterocycles. The molecule has 0 spiro atoms. The van der Waals surface area contributed by atoms with Gasteiger partial charge in [0.1, 0.15) is 5.82 Å². The highest BCUT2D eigenvalue weighted by Crippen LogP contribution is 2.19. The van der Waals surface area contributed by atoms with Gasteiger partial charge in [0.25, 0.3) is 5.91 Å². The number of hydrogen-bond acceptors (Lipinski definition) is 2. The molecule has 0 saturated carbocycles. The van der Waals surface area contributed by atoms with Crippen LogP contribution in [0.4, 0.5) is 28.9 Å². The smallest absolute Gasteiger partial charge is 0.258 e. The number of hydrogen-bond donors (Lipinski definition) is 2. The third kappa shape index (κ3) is 2.71. The Labute approximate surface area is 111 Å². The fraction of sp³-hybridized carbons (Fsp3) is 0. The van der Waals surface area contributed by atoms with Crippen LogP contribution in [-0.2, 0) is 0 Å². The zero-order valence-electron chi connectivity index (χ0n) is 9.88. The van der Waals surface area contributed by atoms with Gasteiger partial charge in [0.05, 0.1) is 5.56 Å². The van der Waals surface area contributed by atoms with Crippen molar-refractivity contribution in [2.24, 2.45) is 0 Å². The summed E-state index contributed by atoms with van der Waals surface area (Å²) in [4.78, 5) is 11.7. The summed E-state index contributed by atoms with van der Waals surface area (Å²) in [5.74, 6) is -6.39. The second-order valence-corrected chi connectivity index (χ2v) is 3.95. The molecule has 0 bridgehead atoms. The normalized spacial score (nSPS) is 10.4. The fourth-order valence-corrected chi connectivity index (χ4v) is 1.54. The van der Waals surface area contributed by atoms with Crippen LogP contribution >= 0.6 is 0 Å². The molecule has 0 aromatic heterocycles. The van der Waals surface area contributed by atoms with Gasteiger partial charge in [0.15, 0.2) is 17.5 Å². The van der Waals surface area contributed by atoms with Gasteiger partial charge in [-0.1, -0.05) is 0 Å². The largest absolute Gasteiger partial charge is 0.399 e. The standard InChI is InChI=1S/C13H8F4N2O/c14-9-2-1-6(18)3-8(9)13(20)19-7-4-10(15)12(17)11(16)5-7/h1-5H,18H2,(H,19,20). The number of benzene rings is 2. The molecule has 0 aliphatic heterocycles. The van der Waals surface area contributed by atoms with Crippen LogP contribution in [0.15, 0.2) is 30.3 Å². The molecule has 0 atom stereocenters. The van der Waals surface area contributed by atoms with Gasteiger partial charge in [-0.05, 0) is 18.2 Å². The van der Waals surface area contributed by atoms with Crippen LogP contribution < -0.4 is 11.1 Å². The molecule has 0 aliphatic carbocycles. The van der Waals surface area contributed by atoms with E-state index in [-0.39, 0.29) is 11.4 Å². The van der Waals surface area contributed by atoms with E-state index in [0.717, 1.165) is 12.1 Å². The summed E-state index contributed by atoms with van der Waals surface area (Å²) in [6.07, 6.45) is 0. The summed E-state index contributed by atoms with van der Waals surface area (Å²) in [6.45, 7) is 0. The van der Waals surface area contributed by atoms with Crippen LogP contribution in [0.2, 0.25) is 0 Å². The van der Waals surface area contributed by atoms with Crippen LogP contribution in [0.5, 0.6) is 0 Å². The SMILES string of the molecule is Nc1ccc(F)c(C(=O)Nc2cc(F)c(F)c(F)c2)c1. The minimum atomic E-state index is -1.65. The third-order valence-corrected chi connectivity index (χ3v) is 2.48. The predicted molar refractivity (Wildman–Crippen MR) is 65.1 cm³/mol. The molecule has 2 rings (SSSR count). The van der Waals surface area contributed by atoms with E-state index in [0.29, 0.717) is 12.1 Å². The monoisotopic (exact) mass is 284 g/mol. The number of amides is 1. The van der Waals surface area contributed by atoms with E-state index >= 15 is 0 Å². The average molecular weight is 284 g/mol. The van der Waals surface area contributed by atoms with E-state index in [1.807, 2.05) is 0 Å². The first-order valence-electron chi connectivity index (χ1n) is 5.39. The summed E-state index contributed by atoms with van der Waals surface area (Å²) >= 11 is 0. The van der Waals surface area contributed by atoms with E-state index in [1.165, 1.54) is 6.07 Å². The van der Waals surface area contributed by atoms with Gasteiger partial charge in [-0.3, -0.25) is 4.79 Å². The lowest BCUT2D eigenvalue weighted by Crippen LogP contribution is -2.14. The lowest BCUT2D eigenvalue weighted by Gasteiger charge is -2.07. The summed E-state index contributed by atoms with van der Waals surface area (Å²) in [5.41, 5.74) is 4.82. The molecule has 3 N–H and O–H groups in total. The van der Waals surface area contributed by atoms with E-state index < -0.39 is 34.7 Å². The highest BCUT2D eigenvalue weighted by Gasteiger charge is 2.15. The van der Waals surface area contributed by atoms with Gasteiger partial charge in [0.2, 0.25) is 0 Å². The van der Waals surface area contributed by atoms with Gasteiger partial charge < -0.3 is 11.1 Å². The van der Waals surface area contributed by atoms with Crippen molar-refractivity contribution >= 4 is 17.3 Å². The number of nitrogens with one attached hydrogen (secondary N) is 1. The van der Waals surface area contributed by atoms with E-state index in [9.17, 15) is 22.4 Å². The zero-order chi connectivity index (χ0) is 14.9. The molecule has 2 aromatic rings. The highest BCUT2D eigenvalue weighted by molar-refractivity contribution is 6.04. The number of rotatable bonds is 2. The molecule has 0 aliphatic rings. The maximum Gasteiger partial charge on any atom is 0.258 e. The lowest BCUT2D eigenvalue weighted by atomic mass is 10.1. The van der Waals surface area contributed by atoms with Crippen molar-refractivity contribution < 1.29 is 22.4 Å². The summed E-state index contributed by atoms with van der Waals surface area (Å²) in [6, 6.07) is 4.47. The molecule has 0 saturated heterocycles. The van der Waals surface area contributed by atoms with Crippen molar-refractivity contribution in [3.8, 4) is 0 Å². The number of nitrogens with two attached hydrogens (primary N) is 1. The highest BCUT2D eigenvalue weighted by atomic mass is 19.2. The Kier molecular flexibility index (Phi) is 3.60. The van der Waals surface area contributed by atoms with Crippen molar-refractivity contribution in [3.63, 3.8) is 0 Å². The second-order valence-electron chi connectivity index (χ2n) is 3.95. The average Bonchev–Trinajstić information content (AvgIpc) is 2.38. The van der Waals surface area contributed by atoms with E-state index in [4.69, 9.17) is 5.73 Å². The van der Waals surface area contributed by atoms with E-state index in [1.54, 1.807) is 0 Å². The van der Waals surface area contributed by atoms with Crippen molar-refractivity contribution in [2.45, 2.75) is 0 Å². The topological polar surface area (TPSA) is 55.1 Å². The lowest BCUT2D eigenvalue weighted by molar-refractivity contribution is 0.102. The summed E-state index contributed by atoms with van der Waals surface area (Å²) in [7, 11) is 0. The number of carbonyl (C=O) groups excluding carboxylic acids is 1. The van der Waals surface area contributed by atoms with Crippen molar-refractivity contribution in [1.29, 1.82) is 0 Å². The zero-order valence-corrected chi connectivity index (χ0v) is 9.88. The van der Waals surface area contributed by atoms with E-state index in [2.05, 4.69) is 5.32 Å². The Morgan fingerprint density at radius 1 is 0.950 bits per heavy atom. The third-order valence-electron chi connectivity index (χ3n) is 2.48. The minimum absolute atomic E-state index is 0.146. The van der Waals surface area contributed by atoms with Crippen LogP contribution in [0.25, 0.3) is 0 Å². The van der Waals surface area contributed by atoms with Crippen molar-refractivity contribution in [1.82, 2.24) is 0 Å². The Bertz CT molecular complexity index is 665. The molecular formula is C13H8F4N2O. The number of halogens is 4. The number of nitrogen functional groups attached to an aromatic ring is 1. The minimum Gasteiger partial charge on any atom is -0.399 e. The summed E-state index contributed by atoms with van der Waals surface area (Å²) < 4.78 is 52.1. The van der Waals surface area contributed by atoms with Crippen molar-refractivity contribution in [2.75, 3.05) is 11.1 Å². The van der Waals surface area contributed by atoms with Crippen molar-refractivity contribution in [3.05, 3.63) is 59.2 Å². The molecule has 0 fully saturated rings. The fourth-order valence-electron chi connectivity index (χ4n) is 1.54. The van der Waals surface area contributed by atoms with Gasteiger partial charge in [-0.2, -0.15) is 0 Å². The predicted octanol–water partition coefficient (Wildman–Crippen LogP) is 3.08. The number of anilines is 2. The molecule has 1 amide bonds. The molecule has 7 heteroatoms. The molecule has 0 radical (unpaired) electrons. The Hall–Kier alpha value is -2.57. The Balaban J connectivity index is 2.30. The Morgan fingerprint density at radius 2 is 1.55 bits per heavy atom. The molecule has 2 aromatic carbocycles. The number of carbonyl (C=O) groups is 1. The van der Waals surface area contributed by atoms with Crippen LogP contribution in [0.3, 0.4) is 0 Å². The molecular weight excluding hydrogens is 276 g/mol. The van der Waals surface area contributed by atoms with Crippen LogP contribution in [0.1, 0.15) is 10.4 Å². The first kappa shape index (κ1) is 13.9. The van der Waals surface area contributed by atoms with Gasteiger partial charge in [-0.15, -0.1) is 0 Å². The molecule has 0 unspecified atom stereocenters. The molecule has 104 valence electrons. The molecule has 20 heavy (non-hydrogen) atoms. The van der Waals surface area contributed by atoms with Gasteiger partial charge in [0, 0.05) is 23.5 Å². The quantitative estimate of drug-likeness (QED) is 0.506. The first-order valence-corrected chi connectivity index (χ1v) is 5.39. The Morgan fingerprint density at radius 3 is 2.15 bits per heavy atom. The second kappa shape index (κ2) is 5.20. The summed E-state index contributed by atoms with van der Waals surface area (Å²) in [5, 5.41) is 2.05. The maximum atomic E-state index is 13.4.